The zero-order chi connectivity index (χ0) is 24.9. The number of ketones is 1. The molecule has 0 saturated carbocycles. The molecule has 1 aliphatic rings. The van der Waals surface area contributed by atoms with E-state index >= 15 is 0 Å². The molecule has 0 spiro atoms. The molecule has 1 aliphatic heterocycles. The molecule has 178 valence electrons. The Kier molecular flexibility index (Phi) is 5.48. The first-order chi connectivity index (χ1) is 16.7. The highest BCUT2D eigenvalue weighted by Crippen LogP contribution is 2.44. The Bertz CT molecular complexity index is 1460. The fourth-order valence-corrected chi connectivity index (χ4v) is 5.20. The molecule has 4 aromatic rings. The maximum atomic E-state index is 13.4. The van der Waals surface area contributed by atoms with E-state index in [-0.39, 0.29) is 16.7 Å². The van der Waals surface area contributed by atoms with Crippen LogP contribution in [0.4, 0.5) is 5.13 Å². The van der Waals surface area contributed by atoms with Crippen LogP contribution in [0.15, 0.2) is 76.6 Å². The Morgan fingerprint density at radius 3 is 2.51 bits per heavy atom. The molecular weight excluding hydrogens is 464 g/mol. The van der Waals surface area contributed by atoms with Crippen molar-refractivity contribution in [2.24, 2.45) is 0 Å². The van der Waals surface area contributed by atoms with E-state index < -0.39 is 23.5 Å². The Morgan fingerprint density at radius 2 is 1.89 bits per heavy atom. The van der Waals surface area contributed by atoms with Crippen LogP contribution in [0.3, 0.4) is 0 Å². The lowest BCUT2D eigenvalue weighted by Crippen LogP contribution is -2.31. The maximum Gasteiger partial charge on any atom is 0.296 e. The normalized spacial score (nSPS) is 16.4. The lowest BCUT2D eigenvalue weighted by atomic mass is 9.85. The predicted molar refractivity (Wildman–Crippen MR) is 134 cm³/mol. The first-order valence-corrected chi connectivity index (χ1v) is 11.9. The number of hydrogen-bond acceptors (Lipinski definition) is 7. The Labute approximate surface area is 206 Å². The molecule has 35 heavy (non-hydrogen) atoms. The van der Waals surface area contributed by atoms with Gasteiger partial charge in [-0.3, -0.25) is 14.5 Å². The van der Waals surface area contributed by atoms with Crippen LogP contribution in [-0.2, 0) is 10.2 Å². The van der Waals surface area contributed by atoms with Gasteiger partial charge in [0.05, 0.1) is 35.2 Å². The minimum Gasteiger partial charge on any atom is -0.503 e. The number of nitrogens with zero attached hydrogens (tertiary/aromatic N) is 2. The van der Waals surface area contributed by atoms with Gasteiger partial charge < -0.3 is 14.3 Å². The number of hydrogen-bond donors (Lipinski definition) is 1. The Balaban J connectivity index is 1.66. The van der Waals surface area contributed by atoms with Crippen LogP contribution in [0.5, 0.6) is 5.75 Å². The Morgan fingerprint density at radius 1 is 1.14 bits per heavy atom. The lowest BCUT2D eigenvalue weighted by molar-refractivity contribution is -0.117. The van der Waals surface area contributed by atoms with Crippen molar-refractivity contribution >= 4 is 38.4 Å². The van der Waals surface area contributed by atoms with E-state index in [4.69, 9.17) is 9.15 Å². The molecule has 0 aliphatic carbocycles. The summed E-state index contributed by atoms with van der Waals surface area (Å²) < 4.78 is 11.4. The molecule has 7 nitrogen and oxygen atoms in total. The second kappa shape index (κ2) is 8.39. The number of methoxy groups -OCH3 is 1. The summed E-state index contributed by atoms with van der Waals surface area (Å²) in [4.78, 5) is 32.8. The minimum atomic E-state index is -0.864. The first-order valence-electron chi connectivity index (χ1n) is 11.1. The summed E-state index contributed by atoms with van der Waals surface area (Å²) in [7, 11) is 1.58. The number of aliphatic hydroxyl groups excluding tert-OH is 1. The van der Waals surface area contributed by atoms with Crippen molar-refractivity contribution < 1.29 is 23.8 Å². The van der Waals surface area contributed by atoms with Gasteiger partial charge in [-0.2, -0.15) is 0 Å². The van der Waals surface area contributed by atoms with Crippen LogP contribution in [0, 0.1) is 0 Å². The van der Waals surface area contributed by atoms with Crippen molar-refractivity contribution in [3.63, 3.8) is 0 Å². The number of aromatic nitrogens is 1. The molecule has 2 aromatic carbocycles. The third-order valence-electron chi connectivity index (χ3n) is 6.08. The zero-order valence-electron chi connectivity index (χ0n) is 19.7. The van der Waals surface area contributed by atoms with Crippen molar-refractivity contribution in [3.8, 4) is 5.75 Å². The molecule has 0 saturated heterocycles. The van der Waals surface area contributed by atoms with Gasteiger partial charge in [0.2, 0.25) is 5.78 Å². The molecule has 0 unspecified atom stereocenters. The highest BCUT2D eigenvalue weighted by atomic mass is 32.1. The average molecular weight is 489 g/mol. The number of carbonyl (C=O) groups excluding carboxylic acids is 2. The Hall–Kier alpha value is -3.91. The smallest absolute Gasteiger partial charge is 0.296 e. The molecular formula is C27H24N2O5S. The van der Waals surface area contributed by atoms with Gasteiger partial charge in [0.1, 0.15) is 5.75 Å². The quantitative estimate of drug-likeness (QED) is 0.348. The van der Waals surface area contributed by atoms with E-state index in [9.17, 15) is 14.7 Å². The highest BCUT2D eigenvalue weighted by Gasteiger charge is 2.46. The second-order valence-corrected chi connectivity index (χ2v) is 10.4. The van der Waals surface area contributed by atoms with Gasteiger partial charge in [-0.05, 0) is 46.9 Å². The molecule has 5 rings (SSSR count). The molecule has 0 radical (unpaired) electrons. The number of benzene rings is 2. The number of ether oxygens (including phenoxy) is 1. The molecule has 3 heterocycles. The molecule has 0 bridgehead atoms. The highest BCUT2D eigenvalue weighted by molar-refractivity contribution is 7.22. The topological polar surface area (TPSA) is 92.9 Å². The van der Waals surface area contributed by atoms with Gasteiger partial charge in [0, 0.05) is 0 Å². The third kappa shape index (κ3) is 3.89. The summed E-state index contributed by atoms with van der Waals surface area (Å²) in [6.07, 6.45) is 1.38. The van der Waals surface area contributed by atoms with Crippen molar-refractivity contribution in [3.05, 3.63) is 89.1 Å². The van der Waals surface area contributed by atoms with Crippen molar-refractivity contribution in [1.82, 2.24) is 4.98 Å². The number of amides is 1. The molecule has 0 fully saturated rings. The fourth-order valence-electron chi connectivity index (χ4n) is 4.18. The molecule has 1 N–H and O–H groups in total. The first kappa shape index (κ1) is 22.9. The number of fused-ring (bicyclic) bond motifs is 1. The van der Waals surface area contributed by atoms with Crippen LogP contribution < -0.4 is 9.64 Å². The monoisotopic (exact) mass is 488 g/mol. The van der Waals surface area contributed by atoms with Crippen LogP contribution in [0.25, 0.3) is 10.2 Å². The van der Waals surface area contributed by atoms with Crippen LogP contribution in [0.1, 0.15) is 48.5 Å². The summed E-state index contributed by atoms with van der Waals surface area (Å²) in [6, 6.07) is 15.4. The summed E-state index contributed by atoms with van der Waals surface area (Å²) in [6.45, 7) is 6.33. The lowest BCUT2D eigenvalue weighted by Gasteiger charge is -2.25. The van der Waals surface area contributed by atoms with E-state index in [0.717, 1.165) is 10.3 Å². The van der Waals surface area contributed by atoms with E-state index in [1.807, 2.05) is 36.4 Å². The van der Waals surface area contributed by atoms with E-state index in [1.165, 1.54) is 28.6 Å². The van der Waals surface area contributed by atoms with Crippen molar-refractivity contribution in [2.75, 3.05) is 12.0 Å². The third-order valence-corrected chi connectivity index (χ3v) is 7.10. The van der Waals surface area contributed by atoms with Gasteiger partial charge in [-0.25, -0.2) is 4.98 Å². The number of carbonyl (C=O) groups is 2. The number of furan rings is 1. The molecule has 2 aromatic heterocycles. The summed E-state index contributed by atoms with van der Waals surface area (Å²) >= 11 is 1.29. The summed E-state index contributed by atoms with van der Waals surface area (Å²) in [5, 5.41) is 11.3. The SMILES string of the molecule is COc1ccc2nc(N3C(=O)C(O)=C(C(=O)c4ccco4)[C@@H]3c3ccc(C(C)(C)C)cc3)sc2c1. The summed E-state index contributed by atoms with van der Waals surface area (Å²) in [5.41, 5.74) is 2.37. The molecule has 8 heteroatoms. The van der Waals surface area contributed by atoms with Gasteiger partial charge in [-0.15, -0.1) is 0 Å². The van der Waals surface area contributed by atoms with E-state index in [0.29, 0.717) is 22.0 Å². The zero-order valence-corrected chi connectivity index (χ0v) is 20.6. The van der Waals surface area contributed by atoms with Crippen LogP contribution in [0.2, 0.25) is 0 Å². The maximum absolute atomic E-state index is 13.4. The van der Waals surface area contributed by atoms with E-state index in [2.05, 4.69) is 25.8 Å². The number of rotatable bonds is 5. The number of aliphatic hydroxyl groups is 1. The van der Waals surface area contributed by atoms with Crippen molar-refractivity contribution in [2.45, 2.75) is 32.2 Å². The second-order valence-electron chi connectivity index (χ2n) is 9.35. The van der Waals surface area contributed by atoms with Crippen molar-refractivity contribution in [1.29, 1.82) is 0 Å². The van der Waals surface area contributed by atoms with Crippen LogP contribution >= 0.6 is 11.3 Å². The number of thiazole rings is 1. The number of Topliss-reactive ketones (excluding diaryl/α,β-unsaturated/α-hetero) is 1. The average Bonchev–Trinajstić information content (AvgIpc) is 3.56. The largest absolute Gasteiger partial charge is 0.503 e. The van der Waals surface area contributed by atoms with Crippen LogP contribution in [-0.4, -0.2) is 28.9 Å². The summed E-state index contributed by atoms with van der Waals surface area (Å²) in [5.74, 6) is -1.11. The van der Waals surface area contributed by atoms with Gasteiger partial charge in [0.15, 0.2) is 16.7 Å². The van der Waals surface area contributed by atoms with Gasteiger partial charge in [0.25, 0.3) is 5.91 Å². The molecule has 1 amide bonds. The van der Waals surface area contributed by atoms with Gasteiger partial charge in [-0.1, -0.05) is 56.4 Å². The number of anilines is 1. The van der Waals surface area contributed by atoms with E-state index in [1.54, 1.807) is 19.2 Å². The van der Waals surface area contributed by atoms with Gasteiger partial charge >= 0.3 is 0 Å². The fraction of sp³-hybridized carbons (Fsp3) is 0.222. The standard InChI is InChI=1S/C27H24N2O5S/c1-27(2,3)16-9-7-15(8-10-16)22-21(23(30)19-6-5-13-34-19)24(31)25(32)29(22)26-28-18-12-11-17(33-4)14-20(18)35-26/h5-14,22,31H,1-4H3/t22-/m0/s1. The molecule has 1 atom stereocenters. The minimum absolute atomic E-state index is 0.0368. The predicted octanol–water partition coefficient (Wildman–Crippen LogP) is 5.98.